The van der Waals surface area contributed by atoms with E-state index in [-0.39, 0.29) is 36.2 Å². The molecule has 0 aliphatic carbocycles. The molecule has 2 aliphatic rings. The normalized spacial score (nSPS) is 16.2. The van der Waals surface area contributed by atoms with E-state index in [1.165, 1.54) is 11.3 Å². The molecule has 3 aromatic rings. The maximum atomic E-state index is 12.8. The van der Waals surface area contributed by atoms with Gasteiger partial charge in [0.2, 0.25) is 5.91 Å². The summed E-state index contributed by atoms with van der Waals surface area (Å²) in [5, 5.41) is 0. The Kier molecular flexibility index (Phi) is 6.08. The van der Waals surface area contributed by atoms with Crippen LogP contribution in [0.25, 0.3) is 12.7 Å². The number of carbonyl (C=O) groups excluding carboxylic acids is 3. The topological polar surface area (TPSA) is 93.8 Å². The zero-order valence-electron chi connectivity index (χ0n) is 19.0. The molecule has 0 radical (unpaired) electrons. The van der Waals surface area contributed by atoms with Gasteiger partial charge < -0.3 is 14.8 Å². The van der Waals surface area contributed by atoms with Gasteiger partial charge in [0.15, 0.2) is 0 Å². The van der Waals surface area contributed by atoms with Crippen molar-refractivity contribution in [1.29, 1.82) is 0 Å². The number of hydrogen-bond acceptors (Lipinski definition) is 6. The van der Waals surface area contributed by atoms with E-state index >= 15 is 0 Å². The van der Waals surface area contributed by atoms with Crippen LogP contribution in [0, 0.1) is 0 Å². The van der Waals surface area contributed by atoms with Crippen molar-refractivity contribution in [2.45, 2.75) is 6.42 Å². The van der Waals surface area contributed by atoms with Crippen LogP contribution in [0.4, 0.5) is 5.69 Å². The van der Waals surface area contributed by atoms with Gasteiger partial charge in [-0.05, 0) is 29.8 Å². The average molecular weight is 489 g/mol. The predicted molar refractivity (Wildman–Crippen MR) is 135 cm³/mol. The van der Waals surface area contributed by atoms with Gasteiger partial charge in [-0.15, -0.1) is 11.3 Å². The van der Waals surface area contributed by atoms with Crippen molar-refractivity contribution in [3.63, 3.8) is 0 Å². The third-order valence-electron chi connectivity index (χ3n) is 6.33. The molecule has 178 valence electrons. The predicted octanol–water partition coefficient (Wildman–Crippen LogP) is 1.01. The summed E-state index contributed by atoms with van der Waals surface area (Å²) in [6.45, 7) is 6.24. The van der Waals surface area contributed by atoms with Crippen LogP contribution >= 0.6 is 11.3 Å². The number of nitrogens with zero attached hydrogens (tertiary/aromatic N) is 3. The standard InChI is InChI=1S/C26H24N4O4S/c1-17-27-24(32)22(35-17)16-18-6-2-5-9-21(18)28-12-14-29(15-13-28)23(31)10-11-30-25(33)19-7-3-4-8-20(19)26(30)34/h2-9,16H,1,10-15H2,(H,27,32)/b22-16-. The molecule has 1 saturated heterocycles. The minimum atomic E-state index is -0.341. The number of anilines is 1. The Hall–Kier alpha value is -3.98. The van der Waals surface area contributed by atoms with Gasteiger partial charge in [0.05, 0.1) is 20.3 Å². The van der Waals surface area contributed by atoms with Crippen LogP contribution in [-0.2, 0) is 4.79 Å². The Labute approximate surface area is 205 Å². The number of para-hydroxylation sites is 1. The van der Waals surface area contributed by atoms with Gasteiger partial charge in [-0.3, -0.25) is 24.1 Å². The lowest BCUT2D eigenvalue weighted by Gasteiger charge is -2.37. The number of hydrogen-bond donors (Lipinski definition) is 1. The first kappa shape index (κ1) is 22.8. The van der Waals surface area contributed by atoms with Crippen LogP contribution in [0.15, 0.2) is 53.3 Å². The Morgan fingerprint density at radius 3 is 2.20 bits per heavy atom. The number of piperazine rings is 1. The lowest BCUT2D eigenvalue weighted by atomic mass is 10.1. The molecule has 0 bridgehead atoms. The summed E-state index contributed by atoms with van der Waals surface area (Å²) in [7, 11) is 0. The lowest BCUT2D eigenvalue weighted by molar-refractivity contribution is -0.131. The monoisotopic (exact) mass is 488 g/mol. The van der Waals surface area contributed by atoms with Crippen molar-refractivity contribution in [2.24, 2.45) is 0 Å². The average Bonchev–Trinajstić information content (AvgIpc) is 3.32. The number of imide groups is 1. The van der Waals surface area contributed by atoms with Crippen molar-refractivity contribution >= 4 is 47.4 Å². The van der Waals surface area contributed by atoms with Crippen LogP contribution in [0.1, 0.15) is 32.7 Å². The fourth-order valence-corrected chi connectivity index (χ4v) is 5.27. The van der Waals surface area contributed by atoms with Gasteiger partial charge in [-0.1, -0.05) is 36.9 Å². The van der Waals surface area contributed by atoms with E-state index in [0.29, 0.717) is 46.5 Å². The largest absolute Gasteiger partial charge is 0.367 e. The summed E-state index contributed by atoms with van der Waals surface area (Å²) in [6.07, 6.45) is 1.97. The minimum absolute atomic E-state index is 0.0749. The second kappa shape index (κ2) is 9.34. The van der Waals surface area contributed by atoms with E-state index in [1.807, 2.05) is 30.3 Å². The quantitative estimate of drug-likeness (QED) is 0.541. The van der Waals surface area contributed by atoms with Gasteiger partial charge in [0.1, 0.15) is 0 Å². The first-order valence-corrected chi connectivity index (χ1v) is 12.2. The molecule has 0 unspecified atom stereocenters. The highest BCUT2D eigenvalue weighted by molar-refractivity contribution is 7.07. The summed E-state index contributed by atoms with van der Waals surface area (Å²) in [6, 6.07) is 14.6. The highest BCUT2D eigenvalue weighted by atomic mass is 32.1. The van der Waals surface area contributed by atoms with Crippen molar-refractivity contribution in [1.82, 2.24) is 14.8 Å². The molecule has 1 aromatic heterocycles. The molecule has 0 spiro atoms. The summed E-state index contributed by atoms with van der Waals surface area (Å²) in [5.41, 5.74) is 2.58. The lowest BCUT2D eigenvalue weighted by Crippen LogP contribution is -2.49. The number of thiazole rings is 1. The molecule has 2 aromatic carbocycles. The third kappa shape index (κ3) is 4.42. The maximum Gasteiger partial charge on any atom is 0.266 e. The van der Waals surface area contributed by atoms with E-state index in [4.69, 9.17) is 0 Å². The number of benzene rings is 2. The molecule has 8 nitrogen and oxygen atoms in total. The maximum absolute atomic E-state index is 12.8. The molecule has 0 atom stereocenters. The summed E-state index contributed by atoms with van der Waals surface area (Å²) >= 11 is 1.32. The van der Waals surface area contributed by atoms with Crippen molar-refractivity contribution in [2.75, 3.05) is 37.6 Å². The number of aromatic amines is 1. The first-order valence-electron chi connectivity index (χ1n) is 11.4. The molecule has 5 rings (SSSR count). The van der Waals surface area contributed by atoms with E-state index < -0.39 is 0 Å². The van der Waals surface area contributed by atoms with Crippen molar-refractivity contribution < 1.29 is 14.4 Å². The van der Waals surface area contributed by atoms with Gasteiger partial charge in [0.25, 0.3) is 17.4 Å². The molecule has 0 saturated carbocycles. The SMILES string of the molecule is C=c1[nH]c(=O)/c(=C/c2ccccc2N2CCN(C(=O)CCN3C(=O)c4ccccc4C3=O)CC2)s1. The zero-order chi connectivity index (χ0) is 24.5. The van der Waals surface area contributed by atoms with Crippen molar-refractivity contribution in [3.05, 3.63) is 84.8 Å². The van der Waals surface area contributed by atoms with E-state index in [1.54, 1.807) is 29.2 Å². The van der Waals surface area contributed by atoms with E-state index in [9.17, 15) is 19.2 Å². The molecule has 1 fully saturated rings. The highest BCUT2D eigenvalue weighted by Crippen LogP contribution is 2.24. The summed E-state index contributed by atoms with van der Waals surface area (Å²) in [4.78, 5) is 57.8. The van der Waals surface area contributed by atoms with E-state index in [2.05, 4.69) is 16.5 Å². The number of carbonyl (C=O) groups is 3. The molecule has 35 heavy (non-hydrogen) atoms. The minimum Gasteiger partial charge on any atom is -0.367 e. The van der Waals surface area contributed by atoms with Crippen LogP contribution < -0.4 is 19.7 Å². The molecule has 2 aliphatic heterocycles. The Bertz CT molecular complexity index is 1450. The number of amides is 3. The number of nitrogens with one attached hydrogen (secondary N) is 1. The molecular weight excluding hydrogens is 464 g/mol. The number of rotatable bonds is 5. The van der Waals surface area contributed by atoms with E-state index in [0.717, 1.165) is 16.2 Å². The van der Waals surface area contributed by atoms with Crippen LogP contribution in [0.3, 0.4) is 0 Å². The Balaban J connectivity index is 1.21. The third-order valence-corrected chi connectivity index (χ3v) is 7.21. The fourth-order valence-electron chi connectivity index (χ4n) is 4.53. The fraction of sp³-hybridized carbons (Fsp3) is 0.231. The van der Waals surface area contributed by atoms with Gasteiger partial charge in [-0.25, -0.2) is 0 Å². The molecule has 9 heteroatoms. The van der Waals surface area contributed by atoms with Crippen LogP contribution in [0.5, 0.6) is 0 Å². The summed E-state index contributed by atoms with van der Waals surface area (Å²) in [5.74, 6) is -0.757. The van der Waals surface area contributed by atoms with Crippen LogP contribution in [0.2, 0.25) is 0 Å². The second-order valence-corrected chi connectivity index (χ2v) is 9.61. The first-order chi connectivity index (χ1) is 16.9. The van der Waals surface area contributed by atoms with Gasteiger partial charge >= 0.3 is 0 Å². The van der Waals surface area contributed by atoms with Gasteiger partial charge in [-0.2, -0.15) is 0 Å². The molecular formula is C26H24N4O4S. The summed E-state index contributed by atoms with van der Waals surface area (Å²) < 4.78 is 1.22. The van der Waals surface area contributed by atoms with Crippen molar-refractivity contribution in [3.8, 4) is 0 Å². The Morgan fingerprint density at radius 1 is 0.943 bits per heavy atom. The number of fused-ring (bicyclic) bond motifs is 1. The number of aromatic nitrogens is 1. The van der Waals surface area contributed by atoms with Gasteiger partial charge in [0, 0.05) is 44.8 Å². The number of H-pyrrole nitrogens is 1. The molecule has 3 amide bonds. The zero-order valence-corrected chi connectivity index (χ0v) is 19.8. The molecule has 1 N–H and O–H groups in total. The second-order valence-electron chi connectivity index (χ2n) is 8.47. The Morgan fingerprint density at radius 2 is 1.57 bits per heavy atom. The van der Waals surface area contributed by atoms with Crippen LogP contribution in [-0.4, -0.2) is 65.2 Å². The molecule has 3 heterocycles. The smallest absolute Gasteiger partial charge is 0.266 e. The highest BCUT2D eigenvalue weighted by Gasteiger charge is 2.35.